The summed E-state index contributed by atoms with van der Waals surface area (Å²) in [7, 11) is 1.68. The van der Waals surface area contributed by atoms with E-state index < -0.39 is 0 Å². The molecule has 0 aromatic rings. The number of aliphatic hydroxyl groups is 1. The molecule has 0 aliphatic heterocycles. The number of aliphatic hydroxyl groups excluding tert-OH is 1. The van der Waals surface area contributed by atoms with E-state index in [-0.39, 0.29) is 6.10 Å². The standard InChI is InChI=1S/C12H25NO3/c1-15-9-10-16-8-3-2-7-13-11-5-4-6-12(11)14/h11-14H,2-10H2,1H3. The second-order valence-corrected chi connectivity index (χ2v) is 4.37. The third-order valence-corrected chi connectivity index (χ3v) is 3.03. The van der Waals surface area contributed by atoms with E-state index in [2.05, 4.69) is 5.32 Å². The SMILES string of the molecule is COCCOCCCCNC1CCCC1O. The molecule has 4 nitrogen and oxygen atoms in total. The molecule has 1 rings (SSSR count). The Kier molecular flexibility index (Phi) is 7.76. The molecule has 1 fully saturated rings. The summed E-state index contributed by atoms with van der Waals surface area (Å²) in [6, 6.07) is 0.328. The lowest BCUT2D eigenvalue weighted by Crippen LogP contribution is -2.36. The van der Waals surface area contributed by atoms with Gasteiger partial charge in [-0.15, -0.1) is 0 Å². The number of unbranched alkanes of at least 4 members (excludes halogenated alkanes) is 1. The molecular formula is C12H25NO3. The van der Waals surface area contributed by atoms with Crippen molar-refractivity contribution in [1.29, 1.82) is 0 Å². The molecule has 2 unspecified atom stereocenters. The minimum atomic E-state index is -0.127. The van der Waals surface area contributed by atoms with Gasteiger partial charge in [-0.2, -0.15) is 0 Å². The average Bonchev–Trinajstić information content (AvgIpc) is 2.68. The smallest absolute Gasteiger partial charge is 0.0700 e. The fourth-order valence-corrected chi connectivity index (χ4v) is 2.04. The number of rotatable bonds is 9. The minimum Gasteiger partial charge on any atom is -0.392 e. The van der Waals surface area contributed by atoms with Gasteiger partial charge in [-0.1, -0.05) is 0 Å². The lowest BCUT2D eigenvalue weighted by Gasteiger charge is -2.16. The van der Waals surface area contributed by atoms with E-state index in [1.165, 1.54) is 0 Å². The van der Waals surface area contributed by atoms with Gasteiger partial charge in [-0.05, 0) is 38.6 Å². The van der Waals surface area contributed by atoms with Gasteiger partial charge in [0, 0.05) is 19.8 Å². The van der Waals surface area contributed by atoms with Crippen molar-refractivity contribution in [3.05, 3.63) is 0 Å². The molecule has 0 spiro atoms. The Hall–Kier alpha value is -0.160. The molecule has 1 saturated carbocycles. The summed E-state index contributed by atoms with van der Waals surface area (Å²) in [4.78, 5) is 0. The summed E-state index contributed by atoms with van der Waals surface area (Å²) in [6.45, 7) is 3.14. The molecule has 0 heterocycles. The van der Waals surface area contributed by atoms with Crippen molar-refractivity contribution in [2.75, 3.05) is 33.5 Å². The molecule has 0 aromatic heterocycles. The van der Waals surface area contributed by atoms with Crippen molar-refractivity contribution in [3.8, 4) is 0 Å². The van der Waals surface area contributed by atoms with Crippen LogP contribution < -0.4 is 5.32 Å². The summed E-state index contributed by atoms with van der Waals surface area (Å²) in [6.07, 6.45) is 5.27. The molecule has 1 aliphatic rings. The Bertz CT molecular complexity index is 166. The minimum absolute atomic E-state index is 0.127. The Balaban J connectivity index is 1.81. The van der Waals surface area contributed by atoms with Crippen molar-refractivity contribution in [2.24, 2.45) is 0 Å². The number of methoxy groups -OCH3 is 1. The van der Waals surface area contributed by atoms with Gasteiger partial charge >= 0.3 is 0 Å². The molecule has 1 aliphatic carbocycles. The van der Waals surface area contributed by atoms with Gasteiger partial charge in [0.05, 0.1) is 19.3 Å². The lowest BCUT2D eigenvalue weighted by atomic mass is 10.2. The molecule has 0 saturated heterocycles. The van der Waals surface area contributed by atoms with Gasteiger partial charge in [-0.25, -0.2) is 0 Å². The van der Waals surface area contributed by atoms with Crippen LogP contribution in [0.3, 0.4) is 0 Å². The zero-order chi connectivity index (χ0) is 11.6. The largest absolute Gasteiger partial charge is 0.392 e. The third-order valence-electron chi connectivity index (χ3n) is 3.03. The van der Waals surface area contributed by atoms with E-state index in [0.29, 0.717) is 19.3 Å². The van der Waals surface area contributed by atoms with Gasteiger partial charge in [0.15, 0.2) is 0 Å². The van der Waals surface area contributed by atoms with Crippen LogP contribution in [0.2, 0.25) is 0 Å². The second kappa shape index (κ2) is 8.93. The number of nitrogens with one attached hydrogen (secondary N) is 1. The van der Waals surface area contributed by atoms with Gasteiger partial charge < -0.3 is 19.9 Å². The van der Waals surface area contributed by atoms with Crippen molar-refractivity contribution < 1.29 is 14.6 Å². The van der Waals surface area contributed by atoms with E-state index in [1.54, 1.807) is 7.11 Å². The number of hydrogen-bond donors (Lipinski definition) is 2. The van der Waals surface area contributed by atoms with Crippen LogP contribution in [-0.2, 0) is 9.47 Å². The summed E-state index contributed by atoms with van der Waals surface area (Å²) in [5.74, 6) is 0. The van der Waals surface area contributed by atoms with Crippen LogP contribution in [-0.4, -0.2) is 50.7 Å². The van der Waals surface area contributed by atoms with Crippen LogP contribution in [0.15, 0.2) is 0 Å². The molecule has 4 heteroatoms. The first kappa shape index (κ1) is 13.9. The van der Waals surface area contributed by atoms with E-state index >= 15 is 0 Å². The number of hydrogen-bond acceptors (Lipinski definition) is 4. The molecule has 2 N–H and O–H groups in total. The summed E-state index contributed by atoms with van der Waals surface area (Å²) in [5, 5.41) is 13.0. The second-order valence-electron chi connectivity index (χ2n) is 4.37. The van der Waals surface area contributed by atoms with Crippen LogP contribution in [0.4, 0.5) is 0 Å². The predicted molar refractivity (Wildman–Crippen MR) is 63.6 cm³/mol. The predicted octanol–water partition coefficient (Wildman–Crippen LogP) is 0.933. The quantitative estimate of drug-likeness (QED) is 0.580. The van der Waals surface area contributed by atoms with Crippen LogP contribution in [0, 0.1) is 0 Å². The molecule has 16 heavy (non-hydrogen) atoms. The van der Waals surface area contributed by atoms with Gasteiger partial charge in [0.25, 0.3) is 0 Å². The van der Waals surface area contributed by atoms with Crippen molar-refractivity contribution in [3.63, 3.8) is 0 Å². The first-order valence-electron chi connectivity index (χ1n) is 6.32. The highest BCUT2D eigenvalue weighted by atomic mass is 16.5. The maximum atomic E-state index is 9.59. The molecule has 0 radical (unpaired) electrons. The van der Waals surface area contributed by atoms with E-state index in [0.717, 1.165) is 45.3 Å². The summed E-state index contributed by atoms with van der Waals surface area (Å²) < 4.78 is 10.2. The van der Waals surface area contributed by atoms with Gasteiger partial charge in [0.2, 0.25) is 0 Å². The molecule has 0 bridgehead atoms. The Morgan fingerprint density at radius 3 is 2.75 bits per heavy atom. The van der Waals surface area contributed by atoms with Crippen molar-refractivity contribution in [2.45, 2.75) is 44.2 Å². The normalized spacial score (nSPS) is 25.1. The zero-order valence-electron chi connectivity index (χ0n) is 10.3. The molecular weight excluding hydrogens is 206 g/mol. The summed E-state index contributed by atoms with van der Waals surface area (Å²) >= 11 is 0. The zero-order valence-corrected chi connectivity index (χ0v) is 10.3. The molecule has 0 aromatic carbocycles. The van der Waals surface area contributed by atoms with Crippen LogP contribution in [0.1, 0.15) is 32.1 Å². The highest BCUT2D eigenvalue weighted by molar-refractivity contribution is 4.82. The Labute approximate surface area is 98.3 Å². The van der Waals surface area contributed by atoms with Crippen LogP contribution in [0.25, 0.3) is 0 Å². The highest BCUT2D eigenvalue weighted by Crippen LogP contribution is 2.18. The monoisotopic (exact) mass is 231 g/mol. The van der Waals surface area contributed by atoms with Crippen LogP contribution >= 0.6 is 0 Å². The molecule has 2 atom stereocenters. The topological polar surface area (TPSA) is 50.7 Å². The van der Waals surface area contributed by atoms with E-state index in [4.69, 9.17) is 9.47 Å². The van der Waals surface area contributed by atoms with Crippen molar-refractivity contribution >= 4 is 0 Å². The first-order chi connectivity index (χ1) is 7.84. The third kappa shape index (κ3) is 5.80. The van der Waals surface area contributed by atoms with Gasteiger partial charge in [0.1, 0.15) is 0 Å². The first-order valence-corrected chi connectivity index (χ1v) is 6.32. The Morgan fingerprint density at radius 2 is 2.06 bits per heavy atom. The van der Waals surface area contributed by atoms with Crippen LogP contribution in [0.5, 0.6) is 0 Å². The molecule has 96 valence electrons. The lowest BCUT2D eigenvalue weighted by molar-refractivity contribution is 0.0685. The summed E-state index contributed by atoms with van der Waals surface area (Å²) in [5.41, 5.74) is 0. The van der Waals surface area contributed by atoms with E-state index in [1.807, 2.05) is 0 Å². The fraction of sp³-hybridized carbons (Fsp3) is 1.00. The van der Waals surface area contributed by atoms with Gasteiger partial charge in [-0.3, -0.25) is 0 Å². The maximum Gasteiger partial charge on any atom is 0.0700 e. The molecule has 0 amide bonds. The fourth-order valence-electron chi connectivity index (χ4n) is 2.04. The average molecular weight is 231 g/mol. The maximum absolute atomic E-state index is 9.59. The highest BCUT2D eigenvalue weighted by Gasteiger charge is 2.23. The van der Waals surface area contributed by atoms with Crippen molar-refractivity contribution in [1.82, 2.24) is 5.32 Å². The number of ether oxygens (including phenoxy) is 2. The Morgan fingerprint density at radius 1 is 1.19 bits per heavy atom. The van der Waals surface area contributed by atoms with E-state index in [9.17, 15) is 5.11 Å².